The van der Waals surface area contributed by atoms with Crippen LogP contribution in [-0.4, -0.2) is 39.3 Å². The van der Waals surface area contributed by atoms with E-state index in [1.54, 1.807) is 24.3 Å². The number of hydrogen-bond acceptors (Lipinski definition) is 4. The average Bonchev–Trinajstić information content (AvgIpc) is 2.69. The summed E-state index contributed by atoms with van der Waals surface area (Å²) in [5, 5.41) is 2.84. The third-order valence-electron chi connectivity index (χ3n) is 4.40. The fourth-order valence-electron chi connectivity index (χ4n) is 2.90. The van der Waals surface area contributed by atoms with Gasteiger partial charge in [0.2, 0.25) is 0 Å². The second-order valence-corrected chi connectivity index (χ2v) is 6.09. The summed E-state index contributed by atoms with van der Waals surface area (Å²) >= 11 is 0. The second kappa shape index (κ2) is 10.5. The molecule has 2 aromatic carbocycles. The molecule has 0 atom stereocenters. The molecule has 0 saturated heterocycles. The van der Waals surface area contributed by atoms with Crippen LogP contribution in [0, 0.1) is 0 Å². The Kier molecular flexibility index (Phi) is 8.04. The van der Waals surface area contributed by atoms with E-state index in [0.717, 1.165) is 24.3 Å². The minimum Gasteiger partial charge on any atom is -0.493 e. The SMILES string of the molecule is CCN(CC)c1ccc(C(=O)NCCc2ccc(OC)c(OC(F)F)c2)cc1. The number of alkyl halides is 2. The Morgan fingerprint density at radius 1 is 1.07 bits per heavy atom. The summed E-state index contributed by atoms with van der Waals surface area (Å²) in [7, 11) is 1.39. The lowest BCUT2D eigenvalue weighted by Gasteiger charge is -2.21. The zero-order chi connectivity index (χ0) is 20.5. The first-order valence-corrected chi connectivity index (χ1v) is 9.23. The fraction of sp³-hybridized carbons (Fsp3) is 0.381. The van der Waals surface area contributed by atoms with Crippen molar-refractivity contribution in [2.24, 2.45) is 0 Å². The summed E-state index contributed by atoms with van der Waals surface area (Å²) in [6.45, 7) is 3.42. The van der Waals surface area contributed by atoms with E-state index in [-0.39, 0.29) is 17.4 Å². The van der Waals surface area contributed by atoms with E-state index >= 15 is 0 Å². The summed E-state index contributed by atoms with van der Waals surface area (Å²) < 4.78 is 34.5. The van der Waals surface area contributed by atoms with Gasteiger partial charge in [0.05, 0.1) is 7.11 Å². The van der Waals surface area contributed by atoms with Gasteiger partial charge in [-0.05, 0) is 62.2 Å². The molecule has 0 fully saturated rings. The van der Waals surface area contributed by atoms with E-state index in [0.29, 0.717) is 18.5 Å². The molecular formula is C21H26F2N2O3. The lowest BCUT2D eigenvalue weighted by Crippen LogP contribution is -2.26. The molecule has 0 radical (unpaired) electrons. The lowest BCUT2D eigenvalue weighted by atomic mass is 10.1. The van der Waals surface area contributed by atoms with Crippen LogP contribution in [0.2, 0.25) is 0 Å². The predicted molar refractivity (Wildman–Crippen MR) is 106 cm³/mol. The lowest BCUT2D eigenvalue weighted by molar-refractivity contribution is -0.0512. The van der Waals surface area contributed by atoms with Gasteiger partial charge < -0.3 is 19.7 Å². The first-order chi connectivity index (χ1) is 13.5. The van der Waals surface area contributed by atoms with Gasteiger partial charge in [0.1, 0.15) is 0 Å². The van der Waals surface area contributed by atoms with Crippen molar-refractivity contribution in [1.29, 1.82) is 0 Å². The minimum atomic E-state index is -2.93. The number of nitrogens with one attached hydrogen (secondary N) is 1. The highest BCUT2D eigenvalue weighted by Crippen LogP contribution is 2.29. The zero-order valence-corrected chi connectivity index (χ0v) is 16.4. The van der Waals surface area contributed by atoms with Crippen LogP contribution in [0.15, 0.2) is 42.5 Å². The molecule has 0 aliphatic heterocycles. The molecule has 0 unspecified atom stereocenters. The molecule has 28 heavy (non-hydrogen) atoms. The maximum absolute atomic E-state index is 12.5. The van der Waals surface area contributed by atoms with E-state index in [2.05, 4.69) is 28.8 Å². The number of ether oxygens (including phenoxy) is 2. The highest BCUT2D eigenvalue weighted by Gasteiger charge is 2.12. The van der Waals surface area contributed by atoms with Crippen molar-refractivity contribution in [2.75, 3.05) is 31.6 Å². The first-order valence-electron chi connectivity index (χ1n) is 9.23. The molecule has 0 spiro atoms. The Hall–Kier alpha value is -2.83. The number of rotatable bonds is 10. The number of nitrogens with zero attached hydrogens (tertiary/aromatic N) is 1. The standard InChI is InChI=1S/C21H26F2N2O3/c1-4-25(5-2)17-9-7-16(8-10-17)20(26)24-13-12-15-6-11-18(27-3)19(14-15)28-21(22)23/h6-11,14,21H,4-5,12-13H2,1-3H3,(H,24,26). The van der Waals surface area contributed by atoms with Crippen LogP contribution in [0.5, 0.6) is 11.5 Å². The topological polar surface area (TPSA) is 50.8 Å². The number of amides is 1. The van der Waals surface area contributed by atoms with Gasteiger partial charge in [-0.15, -0.1) is 0 Å². The maximum Gasteiger partial charge on any atom is 0.387 e. The van der Waals surface area contributed by atoms with Crippen molar-refractivity contribution in [1.82, 2.24) is 5.32 Å². The number of hydrogen-bond donors (Lipinski definition) is 1. The van der Waals surface area contributed by atoms with Crippen LogP contribution in [0.1, 0.15) is 29.8 Å². The van der Waals surface area contributed by atoms with E-state index < -0.39 is 6.61 Å². The first kappa shape index (κ1) is 21.5. The monoisotopic (exact) mass is 392 g/mol. The molecule has 0 aliphatic carbocycles. The predicted octanol–water partition coefficient (Wildman–Crippen LogP) is 4.12. The Bertz CT molecular complexity index is 763. The summed E-state index contributed by atoms with van der Waals surface area (Å²) in [4.78, 5) is 14.5. The molecule has 2 rings (SSSR count). The molecule has 0 aliphatic rings. The molecule has 0 heterocycles. The van der Waals surface area contributed by atoms with Gasteiger partial charge in [0, 0.05) is 30.9 Å². The highest BCUT2D eigenvalue weighted by molar-refractivity contribution is 5.94. The molecule has 5 nitrogen and oxygen atoms in total. The van der Waals surface area contributed by atoms with Gasteiger partial charge in [-0.2, -0.15) is 8.78 Å². The zero-order valence-electron chi connectivity index (χ0n) is 16.4. The Labute approximate surface area is 164 Å². The molecule has 2 aromatic rings. The van der Waals surface area contributed by atoms with Crippen LogP contribution in [-0.2, 0) is 6.42 Å². The van der Waals surface area contributed by atoms with E-state index in [1.165, 1.54) is 13.2 Å². The maximum atomic E-state index is 12.5. The molecule has 0 bridgehead atoms. The van der Waals surface area contributed by atoms with Crippen LogP contribution in [0.3, 0.4) is 0 Å². The normalized spacial score (nSPS) is 10.6. The van der Waals surface area contributed by atoms with Gasteiger partial charge in [-0.25, -0.2) is 0 Å². The molecule has 152 valence electrons. The number of benzene rings is 2. The summed E-state index contributed by atoms with van der Waals surface area (Å²) in [5.74, 6) is 0.0401. The number of methoxy groups -OCH3 is 1. The summed E-state index contributed by atoms with van der Waals surface area (Å²) in [6, 6.07) is 12.3. The molecule has 1 amide bonds. The second-order valence-electron chi connectivity index (χ2n) is 6.09. The number of carbonyl (C=O) groups excluding carboxylic acids is 1. The average molecular weight is 392 g/mol. The van der Waals surface area contributed by atoms with Gasteiger partial charge in [-0.1, -0.05) is 6.07 Å². The van der Waals surface area contributed by atoms with E-state index in [4.69, 9.17) is 4.74 Å². The molecule has 1 N–H and O–H groups in total. The molecular weight excluding hydrogens is 366 g/mol. The van der Waals surface area contributed by atoms with Crippen LogP contribution in [0.25, 0.3) is 0 Å². The molecule has 0 saturated carbocycles. The fourth-order valence-corrected chi connectivity index (χ4v) is 2.90. The van der Waals surface area contributed by atoms with E-state index in [1.807, 2.05) is 12.1 Å². The third-order valence-corrected chi connectivity index (χ3v) is 4.40. The third kappa shape index (κ3) is 5.84. The number of anilines is 1. The van der Waals surface area contributed by atoms with Crippen molar-refractivity contribution in [3.8, 4) is 11.5 Å². The number of halogens is 2. The molecule has 7 heteroatoms. The van der Waals surface area contributed by atoms with Crippen LogP contribution < -0.4 is 19.7 Å². The molecule has 0 aromatic heterocycles. The van der Waals surface area contributed by atoms with Gasteiger partial charge in [0.15, 0.2) is 11.5 Å². The largest absolute Gasteiger partial charge is 0.493 e. The van der Waals surface area contributed by atoms with Gasteiger partial charge >= 0.3 is 6.61 Å². The summed E-state index contributed by atoms with van der Waals surface area (Å²) in [5.41, 5.74) is 2.41. The van der Waals surface area contributed by atoms with Crippen molar-refractivity contribution in [3.63, 3.8) is 0 Å². The van der Waals surface area contributed by atoms with Crippen molar-refractivity contribution in [2.45, 2.75) is 26.9 Å². The van der Waals surface area contributed by atoms with Gasteiger partial charge in [0.25, 0.3) is 5.91 Å². The Morgan fingerprint density at radius 2 is 1.75 bits per heavy atom. The quantitative estimate of drug-likeness (QED) is 0.661. The van der Waals surface area contributed by atoms with Crippen molar-refractivity contribution in [3.05, 3.63) is 53.6 Å². The Morgan fingerprint density at radius 3 is 2.32 bits per heavy atom. The van der Waals surface area contributed by atoms with E-state index in [9.17, 15) is 13.6 Å². The minimum absolute atomic E-state index is 0.0201. The van der Waals surface area contributed by atoms with Crippen LogP contribution in [0.4, 0.5) is 14.5 Å². The van der Waals surface area contributed by atoms with Crippen LogP contribution >= 0.6 is 0 Å². The smallest absolute Gasteiger partial charge is 0.387 e. The Balaban J connectivity index is 1.93. The van der Waals surface area contributed by atoms with Crippen molar-refractivity contribution >= 4 is 11.6 Å². The number of carbonyl (C=O) groups is 1. The van der Waals surface area contributed by atoms with Crippen molar-refractivity contribution < 1.29 is 23.0 Å². The summed E-state index contributed by atoms with van der Waals surface area (Å²) in [6.07, 6.45) is 0.479. The van der Waals surface area contributed by atoms with Gasteiger partial charge in [-0.3, -0.25) is 4.79 Å². The highest BCUT2D eigenvalue weighted by atomic mass is 19.3.